The fourth-order valence-corrected chi connectivity index (χ4v) is 3.99. The molecule has 104 valence electrons. The highest BCUT2D eigenvalue weighted by Crippen LogP contribution is 2.53. The van der Waals surface area contributed by atoms with Gasteiger partial charge < -0.3 is 0 Å². The van der Waals surface area contributed by atoms with Crippen molar-refractivity contribution >= 4 is 5.78 Å². The SMILES string of the molecule is O=C(c1ccccn1)[C@H]1C(c2ccccc2)[C@@H]2C=C[C@H]1C2. The summed E-state index contributed by atoms with van der Waals surface area (Å²) in [6.07, 6.45) is 7.33. The molecule has 1 aromatic carbocycles. The molecule has 2 aliphatic carbocycles. The molecule has 4 atom stereocenters. The molecule has 1 saturated carbocycles. The van der Waals surface area contributed by atoms with Crippen LogP contribution in [0.15, 0.2) is 66.9 Å². The third-order valence-electron chi connectivity index (χ3n) is 4.86. The highest BCUT2D eigenvalue weighted by Gasteiger charge is 2.48. The minimum Gasteiger partial charge on any atom is -0.292 e. The maximum atomic E-state index is 12.9. The van der Waals surface area contributed by atoms with E-state index < -0.39 is 0 Å². The number of ketones is 1. The summed E-state index contributed by atoms with van der Waals surface area (Å²) < 4.78 is 0. The average molecular weight is 275 g/mol. The summed E-state index contributed by atoms with van der Waals surface area (Å²) in [6.45, 7) is 0. The number of nitrogens with zero attached hydrogens (tertiary/aromatic N) is 1. The highest BCUT2D eigenvalue weighted by atomic mass is 16.1. The van der Waals surface area contributed by atoms with Gasteiger partial charge in [-0.2, -0.15) is 0 Å². The van der Waals surface area contributed by atoms with Gasteiger partial charge in [0.2, 0.25) is 0 Å². The lowest BCUT2D eigenvalue weighted by molar-refractivity contribution is 0.0881. The molecular formula is C19H17NO. The Kier molecular flexibility index (Phi) is 2.95. The van der Waals surface area contributed by atoms with Gasteiger partial charge in [0, 0.05) is 18.0 Å². The Morgan fingerprint density at radius 1 is 0.952 bits per heavy atom. The van der Waals surface area contributed by atoms with Gasteiger partial charge in [0.05, 0.1) is 0 Å². The number of benzene rings is 1. The van der Waals surface area contributed by atoms with Gasteiger partial charge in [-0.15, -0.1) is 0 Å². The molecule has 21 heavy (non-hydrogen) atoms. The first-order chi connectivity index (χ1) is 10.3. The van der Waals surface area contributed by atoms with Crippen molar-refractivity contribution in [1.82, 2.24) is 4.98 Å². The minimum atomic E-state index is 0.0392. The number of carbonyl (C=O) groups is 1. The first-order valence-corrected chi connectivity index (χ1v) is 7.53. The van der Waals surface area contributed by atoms with Crippen LogP contribution in [0.2, 0.25) is 0 Å². The van der Waals surface area contributed by atoms with E-state index in [1.807, 2.05) is 24.3 Å². The monoisotopic (exact) mass is 275 g/mol. The third kappa shape index (κ3) is 2.02. The number of aromatic nitrogens is 1. The number of fused-ring (bicyclic) bond motifs is 2. The lowest BCUT2D eigenvalue weighted by Gasteiger charge is -2.27. The van der Waals surface area contributed by atoms with E-state index in [4.69, 9.17) is 0 Å². The average Bonchev–Trinajstić information content (AvgIpc) is 3.17. The third-order valence-corrected chi connectivity index (χ3v) is 4.86. The second kappa shape index (κ2) is 4.96. The Balaban J connectivity index is 1.73. The molecule has 2 heteroatoms. The number of pyridine rings is 1. The van der Waals surface area contributed by atoms with Crippen molar-refractivity contribution < 1.29 is 4.79 Å². The molecule has 0 saturated heterocycles. The van der Waals surface area contributed by atoms with E-state index in [0.717, 1.165) is 6.42 Å². The largest absolute Gasteiger partial charge is 0.292 e. The smallest absolute Gasteiger partial charge is 0.185 e. The zero-order valence-corrected chi connectivity index (χ0v) is 11.7. The van der Waals surface area contributed by atoms with Crippen LogP contribution >= 0.6 is 0 Å². The van der Waals surface area contributed by atoms with E-state index in [0.29, 0.717) is 23.4 Å². The van der Waals surface area contributed by atoms with Gasteiger partial charge in [-0.3, -0.25) is 9.78 Å². The van der Waals surface area contributed by atoms with Crippen molar-refractivity contribution in [3.63, 3.8) is 0 Å². The topological polar surface area (TPSA) is 30.0 Å². The molecular weight excluding hydrogens is 258 g/mol. The van der Waals surface area contributed by atoms with Crippen LogP contribution in [0.3, 0.4) is 0 Å². The zero-order valence-electron chi connectivity index (χ0n) is 11.7. The van der Waals surface area contributed by atoms with Gasteiger partial charge in [-0.25, -0.2) is 0 Å². The summed E-state index contributed by atoms with van der Waals surface area (Å²) in [4.78, 5) is 17.2. The lowest BCUT2D eigenvalue weighted by atomic mass is 9.75. The predicted molar refractivity (Wildman–Crippen MR) is 82.0 cm³/mol. The first-order valence-electron chi connectivity index (χ1n) is 7.53. The molecule has 1 fully saturated rings. The van der Waals surface area contributed by atoms with Crippen molar-refractivity contribution in [1.29, 1.82) is 0 Å². The summed E-state index contributed by atoms with van der Waals surface area (Å²) in [5.74, 6) is 1.40. The number of allylic oxidation sites excluding steroid dienone is 2. The summed E-state index contributed by atoms with van der Waals surface area (Å²) in [5, 5.41) is 0. The highest BCUT2D eigenvalue weighted by molar-refractivity contribution is 5.97. The minimum absolute atomic E-state index is 0.0392. The number of hydrogen-bond donors (Lipinski definition) is 0. The summed E-state index contributed by atoms with van der Waals surface area (Å²) >= 11 is 0. The van der Waals surface area contributed by atoms with Crippen molar-refractivity contribution in [2.45, 2.75) is 12.3 Å². The first kappa shape index (κ1) is 12.5. The van der Waals surface area contributed by atoms with E-state index in [1.165, 1.54) is 5.56 Å². The van der Waals surface area contributed by atoms with E-state index >= 15 is 0 Å². The second-order valence-corrected chi connectivity index (χ2v) is 5.99. The fraction of sp³-hybridized carbons (Fsp3) is 0.263. The van der Waals surface area contributed by atoms with E-state index in [9.17, 15) is 4.79 Å². The van der Waals surface area contributed by atoms with Crippen molar-refractivity contribution in [2.24, 2.45) is 17.8 Å². The zero-order chi connectivity index (χ0) is 14.2. The van der Waals surface area contributed by atoms with Crippen LogP contribution in [0.5, 0.6) is 0 Å². The van der Waals surface area contributed by atoms with Crippen LogP contribution in [0, 0.1) is 17.8 Å². The maximum absolute atomic E-state index is 12.9. The van der Waals surface area contributed by atoms with Crippen LogP contribution in [-0.4, -0.2) is 10.8 Å². The fourth-order valence-electron chi connectivity index (χ4n) is 3.99. The maximum Gasteiger partial charge on any atom is 0.185 e. The van der Waals surface area contributed by atoms with Gasteiger partial charge in [0.15, 0.2) is 5.78 Å². The molecule has 0 N–H and O–H groups in total. The normalized spacial score (nSPS) is 29.7. The number of Topliss-reactive ketones (excluding diaryl/α,β-unsaturated/α-hetero) is 1. The van der Waals surface area contributed by atoms with Crippen LogP contribution < -0.4 is 0 Å². The quantitative estimate of drug-likeness (QED) is 0.628. The number of hydrogen-bond acceptors (Lipinski definition) is 2. The van der Waals surface area contributed by atoms with Crippen molar-refractivity contribution in [2.75, 3.05) is 0 Å². The molecule has 2 aliphatic rings. The van der Waals surface area contributed by atoms with Gasteiger partial charge in [0.25, 0.3) is 0 Å². The molecule has 2 aromatic rings. The van der Waals surface area contributed by atoms with E-state index in [1.54, 1.807) is 6.20 Å². The Bertz CT molecular complexity index is 677. The summed E-state index contributed by atoms with van der Waals surface area (Å²) in [6, 6.07) is 16.0. The Morgan fingerprint density at radius 2 is 1.71 bits per heavy atom. The van der Waals surface area contributed by atoms with E-state index in [-0.39, 0.29) is 11.7 Å². The van der Waals surface area contributed by atoms with Gasteiger partial charge in [-0.1, -0.05) is 48.6 Å². The standard InChI is InChI=1S/C19H17NO/c21-19(16-8-4-5-11-20-16)18-15-10-9-14(12-15)17(18)13-6-2-1-3-7-13/h1-11,14-15,17-18H,12H2/t14-,15+,17?,18-/m1/s1. The van der Waals surface area contributed by atoms with Crippen LogP contribution in [-0.2, 0) is 0 Å². The van der Waals surface area contributed by atoms with Gasteiger partial charge >= 0.3 is 0 Å². The van der Waals surface area contributed by atoms with Gasteiger partial charge in [-0.05, 0) is 36.0 Å². The number of rotatable bonds is 3. The molecule has 4 rings (SSSR count). The van der Waals surface area contributed by atoms with Crippen molar-refractivity contribution in [3.05, 3.63) is 78.1 Å². The summed E-state index contributed by atoms with van der Waals surface area (Å²) in [5.41, 5.74) is 1.88. The molecule has 1 heterocycles. The molecule has 0 spiro atoms. The number of carbonyl (C=O) groups excluding carboxylic acids is 1. The lowest BCUT2D eigenvalue weighted by Crippen LogP contribution is -2.27. The van der Waals surface area contributed by atoms with Gasteiger partial charge in [0.1, 0.15) is 5.69 Å². The van der Waals surface area contributed by atoms with Crippen molar-refractivity contribution in [3.8, 4) is 0 Å². The molecule has 2 bridgehead atoms. The molecule has 0 aliphatic heterocycles. The van der Waals surface area contributed by atoms with Crippen LogP contribution in [0.25, 0.3) is 0 Å². The molecule has 2 nitrogen and oxygen atoms in total. The van der Waals surface area contributed by atoms with E-state index in [2.05, 4.69) is 41.4 Å². The molecule has 0 amide bonds. The molecule has 0 radical (unpaired) electrons. The Hall–Kier alpha value is -2.22. The molecule has 1 aromatic heterocycles. The van der Waals surface area contributed by atoms with Crippen LogP contribution in [0.4, 0.5) is 0 Å². The molecule has 1 unspecified atom stereocenters. The Labute approximate surface area is 124 Å². The second-order valence-electron chi connectivity index (χ2n) is 5.99. The Morgan fingerprint density at radius 3 is 2.48 bits per heavy atom. The summed E-state index contributed by atoms with van der Waals surface area (Å²) in [7, 11) is 0. The van der Waals surface area contributed by atoms with Crippen LogP contribution in [0.1, 0.15) is 28.4 Å². The predicted octanol–water partition coefficient (Wildman–Crippen LogP) is 3.87.